The van der Waals surface area contributed by atoms with E-state index in [-0.39, 0.29) is 15.2 Å². The van der Waals surface area contributed by atoms with Gasteiger partial charge in [0, 0.05) is 0 Å². The van der Waals surface area contributed by atoms with Gasteiger partial charge in [-0.3, -0.25) is 0 Å². The minimum atomic E-state index is -2.82. The lowest BCUT2D eigenvalue weighted by Gasteiger charge is -2.07. The summed E-state index contributed by atoms with van der Waals surface area (Å²) in [6.07, 6.45) is -2.82. The lowest BCUT2D eigenvalue weighted by atomic mass is 10.2. The third kappa shape index (κ3) is 2.63. The van der Waals surface area contributed by atoms with Gasteiger partial charge in [0.1, 0.15) is 10.8 Å². The zero-order chi connectivity index (χ0) is 11.6. The molecule has 1 aromatic heterocycles. The van der Waals surface area contributed by atoms with Crippen molar-refractivity contribution in [3.8, 4) is 0 Å². The third-order valence-corrected chi connectivity index (χ3v) is 2.59. The van der Waals surface area contributed by atoms with Crippen molar-refractivity contribution in [2.75, 3.05) is 7.11 Å². The predicted octanol–water partition coefficient (Wildman–Crippen LogP) is 3.22. The fourth-order valence-corrected chi connectivity index (χ4v) is 1.66. The summed E-state index contributed by atoms with van der Waals surface area (Å²) in [5.74, 6) is -0.756. The van der Waals surface area contributed by atoms with Crippen LogP contribution in [0.1, 0.15) is 22.5 Å². The predicted molar refractivity (Wildman–Crippen MR) is 53.2 cm³/mol. The Bertz CT molecular complexity index is 400. The van der Waals surface area contributed by atoms with Crippen molar-refractivity contribution in [1.29, 1.82) is 0 Å². The fraction of sp³-hybridized carbons (Fsp3) is 0.250. The third-order valence-electron chi connectivity index (χ3n) is 1.56. The largest absolute Gasteiger partial charge is 0.465 e. The SMILES string of the molecule is COC(=O)c1cc(Cl)nc(C(F)F)c1Br. The van der Waals surface area contributed by atoms with Crippen LogP contribution in [0.5, 0.6) is 0 Å². The Kier molecular flexibility index (Phi) is 3.98. The molecule has 0 N–H and O–H groups in total. The molecule has 0 saturated carbocycles. The first-order chi connectivity index (χ1) is 6.97. The molecule has 1 rings (SSSR count). The molecular formula is C8H5BrClF2NO2. The van der Waals surface area contributed by atoms with Crippen LogP contribution in [0, 0.1) is 0 Å². The molecule has 0 unspecified atom stereocenters. The van der Waals surface area contributed by atoms with Crippen molar-refractivity contribution in [3.05, 3.63) is 26.9 Å². The van der Waals surface area contributed by atoms with Gasteiger partial charge in [-0.15, -0.1) is 0 Å². The molecule has 7 heteroatoms. The van der Waals surface area contributed by atoms with E-state index in [1.807, 2.05) is 0 Å². The zero-order valence-electron chi connectivity index (χ0n) is 7.43. The Labute approximate surface area is 97.5 Å². The molecule has 3 nitrogen and oxygen atoms in total. The number of nitrogens with zero attached hydrogens (tertiary/aromatic N) is 1. The van der Waals surface area contributed by atoms with Gasteiger partial charge in [0.25, 0.3) is 6.43 Å². The second-order valence-corrected chi connectivity index (χ2v) is 3.66. The maximum absolute atomic E-state index is 12.5. The number of methoxy groups -OCH3 is 1. The van der Waals surface area contributed by atoms with Crippen LogP contribution in [0.25, 0.3) is 0 Å². The van der Waals surface area contributed by atoms with Gasteiger partial charge in [-0.25, -0.2) is 18.6 Å². The van der Waals surface area contributed by atoms with Gasteiger partial charge >= 0.3 is 5.97 Å². The average molecular weight is 300 g/mol. The van der Waals surface area contributed by atoms with Crippen LogP contribution in [0.4, 0.5) is 8.78 Å². The Morgan fingerprint density at radius 3 is 2.73 bits per heavy atom. The number of hydrogen-bond acceptors (Lipinski definition) is 3. The summed E-state index contributed by atoms with van der Waals surface area (Å²) < 4.78 is 29.2. The molecule has 0 fully saturated rings. The number of carbonyl (C=O) groups is 1. The number of carbonyl (C=O) groups excluding carboxylic acids is 1. The second-order valence-electron chi connectivity index (χ2n) is 2.48. The molecule has 0 saturated heterocycles. The molecule has 0 aliphatic rings. The number of rotatable bonds is 2. The van der Waals surface area contributed by atoms with Crippen LogP contribution >= 0.6 is 27.5 Å². The van der Waals surface area contributed by atoms with Gasteiger partial charge in [0.05, 0.1) is 17.1 Å². The van der Waals surface area contributed by atoms with Gasteiger partial charge < -0.3 is 4.74 Å². The van der Waals surface area contributed by atoms with E-state index in [0.717, 1.165) is 13.2 Å². The van der Waals surface area contributed by atoms with Crippen molar-refractivity contribution >= 4 is 33.5 Å². The van der Waals surface area contributed by atoms with Crippen LogP contribution in [-0.2, 0) is 4.74 Å². The summed E-state index contributed by atoms with van der Waals surface area (Å²) in [6, 6.07) is 1.16. The number of aromatic nitrogens is 1. The fourth-order valence-electron chi connectivity index (χ4n) is 0.920. The number of ether oxygens (including phenoxy) is 1. The maximum Gasteiger partial charge on any atom is 0.339 e. The number of pyridine rings is 1. The van der Waals surface area contributed by atoms with Crippen LogP contribution < -0.4 is 0 Å². The van der Waals surface area contributed by atoms with Crippen LogP contribution in [0.15, 0.2) is 10.5 Å². The molecule has 15 heavy (non-hydrogen) atoms. The van der Waals surface area contributed by atoms with Crippen LogP contribution in [0.2, 0.25) is 5.15 Å². The maximum atomic E-state index is 12.5. The Morgan fingerprint density at radius 1 is 1.67 bits per heavy atom. The van der Waals surface area contributed by atoms with Gasteiger partial charge in [0.2, 0.25) is 0 Å². The smallest absolute Gasteiger partial charge is 0.339 e. The summed E-state index contributed by atoms with van der Waals surface area (Å²) in [5, 5.41) is -0.186. The van der Waals surface area contributed by atoms with Gasteiger partial charge in [-0.05, 0) is 22.0 Å². The summed E-state index contributed by atoms with van der Waals surface area (Å²) in [7, 11) is 1.14. The normalized spacial score (nSPS) is 10.5. The molecule has 1 heterocycles. The van der Waals surface area contributed by atoms with Crippen molar-refractivity contribution in [2.45, 2.75) is 6.43 Å². The van der Waals surface area contributed by atoms with E-state index in [1.165, 1.54) is 0 Å². The summed E-state index contributed by atoms with van der Waals surface area (Å²) in [5.41, 5.74) is -0.657. The van der Waals surface area contributed by atoms with Crippen molar-refractivity contribution in [2.24, 2.45) is 0 Å². The van der Waals surface area contributed by atoms with Gasteiger partial charge in [-0.1, -0.05) is 11.6 Å². The van der Waals surface area contributed by atoms with E-state index in [2.05, 4.69) is 25.7 Å². The highest BCUT2D eigenvalue weighted by Gasteiger charge is 2.21. The molecular weight excluding hydrogens is 295 g/mol. The molecule has 0 bridgehead atoms. The van der Waals surface area contributed by atoms with Crippen molar-refractivity contribution in [1.82, 2.24) is 4.98 Å². The Morgan fingerprint density at radius 2 is 2.27 bits per heavy atom. The second kappa shape index (κ2) is 4.85. The first kappa shape index (κ1) is 12.3. The van der Waals surface area contributed by atoms with Crippen molar-refractivity contribution in [3.63, 3.8) is 0 Å². The number of esters is 1. The highest BCUT2D eigenvalue weighted by molar-refractivity contribution is 9.10. The first-order valence-electron chi connectivity index (χ1n) is 3.69. The van der Waals surface area contributed by atoms with E-state index >= 15 is 0 Å². The molecule has 0 atom stereocenters. The standard InChI is InChI=1S/C8H5BrClF2NO2/c1-15-8(14)3-2-4(10)13-6(5(3)9)7(11)12/h2,7H,1H3. The molecule has 0 spiro atoms. The van der Waals surface area contributed by atoms with Crippen LogP contribution in [0.3, 0.4) is 0 Å². The first-order valence-corrected chi connectivity index (χ1v) is 4.87. The minimum absolute atomic E-state index is 0.0761. The summed E-state index contributed by atoms with van der Waals surface area (Å²) in [6.45, 7) is 0. The number of hydrogen-bond donors (Lipinski definition) is 0. The Hall–Kier alpha value is -0.750. The molecule has 0 aliphatic carbocycles. The van der Waals surface area contributed by atoms with Gasteiger partial charge in [0.15, 0.2) is 0 Å². The lowest BCUT2D eigenvalue weighted by molar-refractivity contribution is 0.0598. The molecule has 82 valence electrons. The van der Waals surface area contributed by atoms with Crippen LogP contribution in [-0.4, -0.2) is 18.1 Å². The monoisotopic (exact) mass is 299 g/mol. The lowest BCUT2D eigenvalue weighted by Crippen LogP contribution is -2.06. The molecule has 1 aromatic rings. The molecule has 0 aromatic carbocycles. The van der Waals surface area contributed by atoms with E-state index in [4.69, 9.17) is 11.6 Å². The number of halogens is 4. The molecule has 0 aliphatic heterocycles. The quantitative estimate of drug-likeness (QED) is 0.622. The highest BCUT2D eigenvalue weighted by Crippen LogP contribution is 2.30. The van der Waals surface area contributed by atoms with E-state index in [0.29, 0.717) is 0 Å². The number of alkyl halides is 2. The topological polar surface area (TPSA) is 39.2 Å². The summed E-state index contributed by atoms with van der Waals surface area (Å²) in [4.78, 5) is 14.6. The molecule has 0 amide bonds. The minimum Gasteiger partial charge on any atom is -0.465 e. The van der Waals surface area contributed by atoms with Crippen molar-refractivity contribution < 1.29 is 18.3 Å². The average Bonchev–Trinajstić information content (AvgIpc) is 2.19. The molecule has 0 radical (unpaired) electrons. The van der Waals surface area contributed by atoms with E-state index in [9.17, 15) is 13.6 Å². The summed E-state index contributed by atoms with van der Waals surface area (Å²) >= 11 is 8.35. The van der Waals surface area contributed by atoms with E-state index < -0.39 is 18.1 Å². The van der Waals surface area contributed by atoms with E-state index in [1.54, 1.807) is 0 Å². The van der Waals surface area contributed by atoms with Gasteiger partial charge in [-0.2, -0.15) is 0 Å². The highest BCUT2D eigenvalue weighted by atomic mass is 79.9. The zero-order valence-corrected chi connectivity index (χ0v) is 9.77. The Balaban J connectivity index is 3.34.